The molecule has 0 saturated heterocycles. The summed E-state index contributed by atoms with van der Waals surface area (Å²) in [4.78, 5) is 24.9. The van der Waals surface area contributed by atoms with Crippen LogP contribution in [0.4, 0.5) is 0 Å². The molecule has 0 atom stereocenters. The molecule has 4 rings (SSSR count). The van der Waals surface area contributed by atoms with Crippen molar-refractivity contribution in [2.45, 2.75) is 38.6 Å². The summed E-state index contributed by atoms with van der Waals surface area (Å²) < 4.78 is 13.5. The molecule has 2 aromatic rings. The van der Waals surface area contributed by atoms with Gasteiger partial charge in [0.2, 0.25) is 6.79 Å². The lowest BCUT2D eigenvalue weighted by Crippen LogP contribution is -2.41. The number of nitrogens with zero attached hydrogens (tertiary/aromatic N) is 2. The normalized spacial score (nSPS) is 17.2. The summed E-state index contributed by atoms with van der Waals surface area (Å²) in [5.41, 5.74) is -0.404. The van der Waals surface area contributed by atoms with Crippen molar-refractivity contribution in [2.24, 2.45) is 5.92 Å². The Bertz CT molecular complexity index is 862. The molecular weight excluding hydrogens is 308 g/mol. The average molecular weight is 328 g/mol. The maximum atomic E-state index is 12.5. The predicted octanol–water partition coefficient (Wildman–Crippen LogP) is 2.31. The number of rotatable bonds is 3. The van der Waals surface area contributed by atoms with E-state index >= 15 is 0 Å². The van der Waals surface area contributed by atoms with Crippen molar-refractivity contribution in [2.75, 3.05) is 6.79 Å². The van der Waals surface area contributed by atoms with Gasteiger partial charge < -0.3 is 14.0 Å². The van der Waals surface area contributed by atoms with E-state index in [1.807, 2.05) is 0 Å². The van der Waals surface area contributed by atoms with Gasteiger partial charge in [0.15, 0.2) is 11.5 Å². The van der Waals surface area contributed by atoms with Crippen LogP contribution in [-0.4, -0.2) is 15.9 Å². The highest BCUT2D eigenvalue weighted by Crippen LogP contribution is 2.33. The molecule has 0 radical (unpaired) electrons. The molecule has 2 heterocycles. The molecule has 6 nitrogen and oxygen atoms in total. The maximum Gasteiger partial charge on any atom is 0.320 e. The van der Waals surface area contributed by atoms with Crippen LogP contribution < -0.4 is 20.6 Å². The number of ether oxygens (including phenoxy) is 2. The summed E-state index contributed by atoms with van der Waals surface area (Å²) in [6, 6.07) is 5.21. The van der Waals surface area contributed by atoms with E-state index < -0.39 is 11.1 Å². The summed E-state index contributed by atoms with van der Waals surface area (Å²) in [7, 11) is 0. The second-order valence-corrected chi connectivity index (χ2v) is 6.47. The molecule has 1 aliphatic carbocycles. The van der Waals surface area contributed by atoms with Crippen molar-refractivity contribution >= 4 is 0 Å². The van der Waals surface area contributed by atoms with Crippen molar-refractivity contribution in [1.82, 2.24) is 9.13 Å². The van der Waals surface area contributed by atoms with Gasteiger partial charge in [0.05, 0.1) is 5.69 Å². The van der Waals surface area contributed by atoms with Crippen LogP contribution in [0, 0.1) is 5.92 Å². The highest BCUT2D eigenvalue weighted by Gasteiger charge is 2.17. The Labute approximate surface area is 139 Å². The largest absolute Gasteiger partial charge is 0.454 e. The summed E-state index contributed by atoms with van der Waals surface area (Å²) in [6.45, 7) is 0.812. The van der Waals surface area contributed by atoms with E-state index in [1.54, 1.807) is 35.2 Å². The molecule has 1 saturated carbocycles. The van der Waals surface area contributed by atoms with Gasteiger partial charge in [-0.2, -0.15) is 0 Å². The maximum absolute atomic E-state index is 12.5. The quantitative estimate of drug-likeness (QED) is 0.811. The molecule has 0 bridgehead atoms. The predicted molar refractivity (Wildman–Crippen MR) is 89.0 cm³/mol. The standard InChI is InChI=1S/C18H20N2O4/c21-17-18(22)20(14-6-7-15-16(10-14)24-12-23-15)9-8-19(17)11-13-4-2-1-3-5-13/h6-10,13H,1-5,11-12H2. The Balaban J connectivity index is 1.65. The fraction of sp³-hybridized carbons (Fsp3) is 0.444. The minimum Gasteiger partial charge on any atom is -0.454 e. The molecule has 1 aromatic heterocycles. The highest BCUT2D eigenvalue weighted by molar-refractivity contribution is 5.49. The number of aromatic nitrogens is 2. The molecule has 126 valence electrons. The minimum atomic E-state index is -0.535. The zero-order valence-corrected chi connectivity index (χ0v) is 13.4. The third-order valence-corrected chi connectivity index (χ3v) is 4.87. The van der Waals surface area contributed by atoms with Crippen molar-refractivity contribution in [1.29, 1.82) is 0 Å². The Hall–Kier alpha value is -2.50. The molecule has 1 fully saturated rings. The highest BCUT2D eigenvalue weighted by atomic mass is 16.7. The molecule has 0 unspecified atom stereocenters. The van der Waals surface area contributed by atoms with Crippen molar-refractivity contribution < 1.29 is 9.47 Å². The van der Waals surface area contributed by atoms with Gasteiger partial charge >= 0.3 is 11.1 Å². The van der Waals surface area contributed by atoms with E-state index in [9.17, 15) is 9.59 Å². The van der Waals surface area contributed by atoms with E-state index in [1.165, 1.54) is 23.8 Å². The van der Waals surface area contributed by atoms with Crippen LogP contribution in [0.5, 0.6) is 11.5 Å². The summed E-state index contributed by atoms with van der Waals surface area (Å²) in [5, 5.41) is 0. The third kappa shape index (κ3) is 2.72. The first kappa shape index (κ1) is 15.1. The fourth-order valence-corrected chi connectivity index (χ4v) is 3.54. The zero-order chi connectivity index (χ0) is 16.5. The molecule has 1 aromatic carbocycles. The van der Waals surface area contributed by atoms with Crippen molar-refractivity contribution in [3.8, 4) is 17.2 Å². The van der Waals surface area contributed by atoms with E-state index in [-0.39, 0.29) is 6.79 Å². The number of hydrogen-bond acceptors (Lipinski definition) is 4. The van der Waals surface area contributed by atoms with Gasteiger partial charge in [-0.3, -0.25) is 14.2 Å². The molecule has 1 aliphatic heterocycles. The van der Waals surface area contributed by atoms with Gasteiger partial charge in [0, 0.05) is 25.0 Å². The Kier molecular flexibility index (Phi) is 3.88. The topological polar surface area (TPSA) is 62.5 Å². The molecule has 24 heavy (non-hydrogen) atoms. The van der Waals surface area contributed by atoms with Gasteiger partial charge in [-0.15, -0.1) is 0 Å². The Morgan fingerprint density at radius 2 is 1.75 bits per heavy atom. The summed E-state index contributed by atoms with van der Waals surface area (Å²) in [6.07, 6.45) is 9.35. The Morgan fingerprint density at radius 1 is 0.958 bits per heavy atom. The summed E-state index contributed by atoms with van der Waals surface area (Å²) >= 11 is 0. The van der Waals surface area contributed by atoms with Gasteiger partial charge in [0.25, 0.3) is 0 Å². The molecule has 2 aliphatic rings. The first-order valence-corrected chi connectivity index (χ1v) is 8.44. The SMILES string of the molecule is O=c1c(=O)n(-c2ccc3c(c2)OCO3)ccn1CC1CCCCC1. The monoisotopic (exact) mass is 328 g/mol. The fourth-order valence-electron chi connectivity index (χ4n) is 3.54. The molecule has 0 amide bonds. The van der Waals surface area contributed by atoms with E-state index in [0.29, 0.717) is 29.6 Å². The first-order valence-electron chi connectivity index (χ1n) is 8.44. The molecular formula is C18H20N2O4. The lowest BCUT2D eigenvalue weighted by molar-refractivity contribution is 0.174. The molecule has 6 heteroatoms. The van der Waals surface area contributed by atoms with Crippen LogP contribution in [0.2, 0.25) is 0 Å². The van der Waals surface area contributed by atoms with Crippen LogP contribution in [0.25, 0.3) is 5.69 Å². The number of fused-ring (bicyclic) bond motifs is 1. The number of hydrogen-bond donors (Lipinski definition) is 0. The van der Waals surface area contributed by atoms with E-state index in [4.69, 9.17) is 9.47 Å². The van der Waals surface area contributed by atoms with Gasteiger partial charge in [-0.05, 0) is 30.9 Å². The lowest BCUT2D eigenvalue weighted by atomic mass is 9.89. The van der Waals surface area contributed by atoms with Crippen LogP contribution >= 0.6 is 0 Å². The van der Waals surface area contributed by atoms with Crippen molar-refractivity contribution in [3.05, 3.63) is 51.3 Å². The van der Waals surface area contributed by atoms with Gasteiger partial charge in [0.1, 0.15) is 0 Å². The van der Waals surface area contributed by atoms with Crippen LogP contribution in [0.3, 0.4) is 0 Å². The van der Waals surface area contributed by atoms with Crippen LogP contribution in [0.15, 0.2) is 40.2 Å². The lowest BCUT2D eigenvalue weighted by Gasteiger charge is -2.22. The second kappa shape index (κ2) is 6.19. The van der Waals surface area contributed by atoms with Gasteiger partial charge in [-0.1, -0.05) is 19.3 Å². The smallest absolute Gasteiger partial charge is 0.320 e. The van der Waals surface area contributed by atoms with E-state index in [0.717, 1.165) is 12.8 Å². The average Bonchev–Trinajstić information content (AvgIpc) is 3.08. The summed E-state index contributed by atoms with van der Waals surface area (Å²) in [5.74, 6) is 1.74. The second-order valence-electron chi connectivity index (χ2n) is 6.47. The Morgan fingerprint density at radius 3 is 2.58 bits per heavy atom. The van der Waals surface area contributed by atoms with Crippen molar-refractivity contribution in [3.63, 3.8) is 0 Å². The first-order chi connectivity index (χ1) is 11.7. The zero-order valence-electron chi connectivity index (χ0n) is 13.4. The van der Waals surface area contributed by atoms with E-state index in [2.05, 4.69) is 0 Å². The van der Waals surface area contributed by atoms with Gasteiger partial charge in [-0.25, -0.2) is 0 Å². The van der Waals surface area contributed by atoms with Crippen LogP contribution in [0.1, 0.15) is 32.1 Å². The molecule has 0 spiro atoms. The van der Waals surface area contributed by atoms with Crippen LogP contribution in [-0.2, 0) is 6.54 Å². The third-order valence-electron chi connectivity index (χ3n) is 4.87. The molecule has 0 N–H and O–H groups in total. The number of benzene rings is 1. The minimum absolute atomic E-state index is 0.177.